The van der Waals surface area contributed by atoms with E-state index in [0.29, 0.717) is 5.56 Å². The third-order valence-electron chi connectivity index (χ3n) is 4.63. The molecule has 0 saturated heterocycles. The second kappa shape index (κ2) is 5.84. The van der Waals surface area contributed by atoms with E-state index in [1.54, 1.807) is 18.5 Å². The van der Waals surface area contributed by atoms with Crippen molar-refractivity contribution in [1.29, 1.82) is 0 Å². The van der Waals surface area contributed by atoms with E-state index >= 15 is 0 Å². The maximum absolute atomic E-state index is 13.0. The quantitative estimate of drug-likeness (QED) is 0.677. The van der Waals surface area contributed by atoms with Crippen molar-refractivity contribution in [2.24, 2.45) is 14.1 Å². The molecule has 0 fully saturated rings. The predicted octanol–water partition coefficient (Wildman–Crippen LogP) is 1.49. The van der Waals surface area contributed by atoms with Crippen molar-refractivity contribution >= 4 is 16.9 Å². The second-order valence-corrected chi connectivity index (χ2v) is 6.39. The molecule has 0 aliphatic heterocycles. The van der Waals surface area contributed by atoms with E-state index in [0.717, 1.165) is 15.7 Å². The molecule has 3 aromatic rings. The number of benzene rings is 1. The zero-order valence-corrected chi connectivity index (χ0v) is 14.9. The Morgan fingerprint density at radius 3 is 2.48 bits per heavy atom. The van der Waals surface area contributed by atoms with Gasteiger partial charge in [-0.15, -0.1) is 0 Å². The van der Waals surface area contributed by atoms with Crippen molar-refractivity contribution in [2.75, 3.05) is 0 Å². The summed E-state index contributed by atoms with van der Waals surface area (Å²) in [7, 11) is 2.97. The number of carbonyl (C=O) groups excluding carboxylic acids is 1. The highest BCUT2D eigenvalue weighted by Gasteiger charge is 2.23. The van der Waals surface area contributed by atoms with Crippen molar-refractivity contribution in [2.45, 2.75) is 26.8 Å². The highest BCUT2D eigenvalue weighted by atomic mass is 16.2. The minimum absolute atomic E-state index is 0.101. The van der Waals surface area contributed by atoms with E-state index in [2.05, 4.69) is 4.98 Å². The lowest BCUT2D eigenvalue weighted by atomic mass is 9.98. The van der Waals surface area contributed by atoms with Crippen LogP contribution in [0.2, 0.25) is 0 Å². The molecule has 1 atom stereocenters. The number of aromatic nitrogens is 4. The van der Waals surface area contributed by atoms with Crippen LogP contribution < -0.4 is 11.2 Å². The van der Waals surface area contributed by atoms with Crippen LogP contribution in [0.5, 0.6) is 0 Å². The molecule has 0 saturated carbocycles. The first-order valence-corrected chi connectivity index (χ1v) is 7.98. The number of nitrogens with zero attached hydrogens (tertiary/aromatic N) is 4. The van der Waals surface area contributed by atoms with Crippen LogP contribution in [0.1, 0.15) is 34.5 Å². The van der Waals surface area contributed by atoms with Crippen LogP contribution in [-0.4, -0.2) is 24.5 Å². The number of hydrogen-bond donors (Lipinski definition) is 0. The molecule has 1 aromatic carbocycles. The number of carbonyl (C=O) groups is 1. The molecule has 25 heavy (non-hydrogen) atoms. The van der Waals surface area contributed by atoms with Gasteiger partial charge >= 0.3 is 5.69 Å². The normalized spacial score (nSPS) is 12.5. The highest BCUT2D eigenvalue weighted by molar-refractivity contribution is 6.00. The van der Waals surface area contributed by atoms with Crippen LogP contribution >= 0.6 is 0 Å². The fraction of sp³-hybridized carbons (Fsp3) is 0.333. The summed E-state index contributed by atoms with van der Waals surface area (Å²) >= 11 is 0. The molecular formula is C18H20N4O3. The third-order valence-corrected chi connectivity index (χ3v) is 4.63. The van der Waals surface area contributed by atoms with E-state index in [1.165, 1.54) is 17.9 Å². The maximum atomic E-state index is 13.0. The average molecular weight is 340 g/mol. The van der Waals surface area contributed by atoms with Crippen molar-refractivity contribution < 1.29 is 4.79 Å². The monoisotopic (exact) mass is 340 g/mol. The summed E-state index contributed by atoms with van der Waals surface area (Å²) in [5.74, 6) is -0.101. The summed E-state index contributed by atoms with van der Waals surface area (Å²) in [4.78, 5) is 41.7. The fourth-order valence-corrected chi connectivity index (χ4v) is 3.01. The number of imidazole rings is 1. The number of hydrogen-bond acceptors (Lipinski definition) is 4. The zero-order valence-electron chi connectivity index (χ0n) is 14.9. The Morgan fingerprint density at radius 2 is 1.80 bits per heavy atom. The standard InChI is InChI=1S/C18H20N4O3/c1-10-6-7-11(2)13(8-10)15(23)12(3)22-9-19-16-14(22)17(24)21(5)18(25)20(16)4/h6-9,12H,1-5H3/t12-/m1/s1. The van der Waals surface area contributed by atoms with Gasteiger partial charge in [-0.05, 0) is 32.4 Å². The zero-order chi connectivity index (χ0) is 18.5. The van der Waals surface area contributed by atoms with Gasteiger partial charge in [0.1, 0.15) is 0 Å². The minimum atomic E-state index is -0.615. The summed E-state index contributed by atoms with van der Waals surface area (Å²) in [6, 6.07) is 5.09. The first kappa shape index (κ1) is 16.9. The van der Waals surface area contributed by atoms with Gasteiger partial charge in [-0.25, -0.2) is 9.78 Å². The largest absolute Gasteiger partial charge is 0.332 e. The summed E-state index contributed by atoms with van der Waals surface area (Å²) in [6.45, 7) is 5.54. The number of aryl methyl sites for hydroxylation is 3. The predicted molar refractivity (Wildman–Crippen MR) is 95.2 cm³/mol. The molecule has 2 heterocycles. The van der Waals surface area contributed by atoms with E-state index < -0.39 is 17.3 Å². The van der Waals surface area contributed by atoms with Gasteiger partial charge in [0.05, 0.1) is 12.4 Å². The molecule has 0 spiro atoms. The first-order valence-electron chi connectivity index (χ1n) is 7.98. The van der Waals surface area contributed by atoms with Gasteiger partial charge in [-0.1, -0.05) is 17.7 Å². The number of rotatable bonds is 3. The lowest BCUT2D eigenvalue weighted by Crippen LogP contribution is -2.38. The Bertz CT molecular complexity index is 1120. The molecular weight excluding hydrogens is 320 g/mol. The molecule has 0 bridgehead atoms. The molecule has 2 aromatic heterocycles. The van der Waals surface area contributed by atoms with Crippen LogP contribution in [0.4, 0.5) is 0 Å². The summed E-state index contributed by atoms with van der Waals surface area (Å²) < 4.78 is 3.87. The number of Topliss-reactive ketones (excluding diaryl/α,β-unsaturated/α-hetero) is 1. The van der Waals surface area contributed by atoms with Crippen molar-refractivity contribution in [3.8, 4) is 0 Å². The smallest absolute Gasteiger partial charge is 0.314 e. The Labute approximate surface area is 144 Å². The lowest BCUT2D eigenvalue weighted by Gasteiger charge is -2.15. The van der Waals surface area contributed by atoms with Crippen LogP contribution in [0.25, 0.3) is 11.2 Å². The minimum Gasteiger partial charge on any atom is -0.314 e. The third kappa shape index (κ3) is 2.52. The van der Waals surface area contributed by atoms with Crippen molar-refractivity contribution in [3.63, 3.8) is 0 Å². The lowest BCUT2D eigenvalue weighted by molar-refractivity contribution is 0.0936. The summed E-state index contributed by atoms with van der Waals surface area (Å²) in [5.41, 5.74) is 2.11. The average Bonchev–Trinajstić information content (AvgIpc) is 3.04. The Balaban J connectivity index is 2.20. The van der Waals surface area contributed by atoms with E-state index in [9.17, 15) is 14.4 Å². The molecule has 0 aliphatic carbocycles. The molecule has 0 amide bonds. The van der Waals surface area contributed by atoms with E-state index in [1.807, 2.05) is 32.0 Å². The van der Waals surface area contributed by atoms with Gasteiger partial charge in [0.15, 0.2) is 16.9 Å². The fourth-order valence-electron chi connectivity index (χ4n) is 3.01. The molecule has 0 unspecified atom stereocenters. The topological polar surface area (TPSA) is 78.9 Å². The Hall–Kier alpha value is -2.96. The van der Waals surface area contributed by atoms with Gasteiger partial charge in [0.2, 0.25) is 0 Å². The SMILES string of the molecule is Cc1ccc(C)c(C(=O)[C@@H](C)n2cnc3c2c(=O)n(C)c(=O)n3C)c1. The summed E-state index contributed by atoms with van der Waals surface area (Å²) in [6.07, 6.45) is 1.44. The maximum Gasteiger partial charge on any atom is 0.332 e. The van der Waals surface area contributed by atoms with Crippen LogP contribution in [0, 0.1) is 13.8 Å². The van der Waals surface area contributed by atoms with Gasteiger partial charge in [-0.2, -0.15) is 0 Å². The van der Waals surface area contributed by atoms with Gasteiger partial charge in [0, 0.05) is 19.7 Å². The van der Waals surface area contributed by atoms with Crippen molar-refractivity contribution in [1.82, 2.24) is 18.7 Å². The second-order valence-electron chi connectivity index (χ2n) is 6.39. The molecule has 0 aliphatic rings. The van der Waals surface area contributed by atoms with Crippen molar-refractivity contribution in [3.05, 3.63) is 62.1 Å². The Morgan fingerprint density at radius 1 is 1.12 bits per heavy atom. The van der Waals surface area contributed by atoms with Gasteiger partial charge in [0.25, 0.3) is 5.56 Å². The van der Waals surface area contributed by atoms with E-state index in [4.69, 9.17) is 0 Å². The van der Waals surface area contributed by atoms with Gasteiger partial charge < -0.3 is 4.57 Å². The van der Waals surface area contributed by atoms with E-state index in [-0.39, 0.29) is 16.9 Å². The number of fused-ring (bicyclic) bond motifs is 1. The van der Waals surface area contributed by atoms with Crippen LogP contribution in [0.15, 0.2) is 34.1 Å². The van der Waals surface area contributed by atoms with Gasteiger partial charge in [-0.3, -0.25) is 18.7 Å². The molecule has 3 rings (SSSR count). The molecule has 0 N–H and O–H groups in total. The molecule has 130 valence electrons. The van der Waals surface area contributed by atoms with Crippen LogP contribution in [-0.2, 0) is 14.1 Å². The highest BCUT2D eigenvalue weighted by Crippen LogP contribution is 2.21. The summed E-state index contributed by atoms with van der Waals surface area (Å²) in [5, 5.41) is 0. The first-order chi connectivity index (χ1) is 11.7. The molecule has 7 heteroatoms. The number of ketones is 1. The van der Waals surface area contributed by atoms with Crippen LogP contribution in [0.3, 0.4) is 0 Å². The molecule has 0 radical (unpaired) electrons. The molecule has 7 nitrogen and oxygen atoms in total. The Kier molecular flexibility index (Phi) is 3.94.